The summed E-state index contributed by atoms with van der Waals surface area (Å²) in [5.41, 5.74) is 2.08. The van der Waals surface area contributed by atoms with Crippen LogP contribution in [-0.2, 0) is 17.9 Å². The number of ether oxygens (including phenoxy) is 1. The Morgan fingerprint density at radius 1 is 1.11 bits per heavy atom. The maximum Gasteiger partial charge on any atom is 0.408 e. The molecule has 0 spiro atoms. The number of amides is 2. The maximum atomic E-state index is 14.1. The highest BCUT2D eigenvalue weighted by Gasteiger charge is 2.27. The van der Waals surface area contributed by atoms with E-state index in [-0.39, 0.29) is 24.5 Å². The van der Waals surface area contributed by atoms with Crippen LogP contribution >= 0.6 is 0 Å². The molecular formula is C27H26F2N4O4. The first kappa shape index (κ1) is 25.6. The maximum absolute atomic E-state index is 14.1. The van der Waals surface area contributed by atoms with Crippen LogP contribution in [0.2, 0.25) is 0 Å². The van der Waals surface area contributed by atoms with Crippen molar-refractivity contribution in [2.24, 2.45) is 0 Å². The molecule has 0 aliphatic carbocycles. The standard InChI is InChI=1S/C27H26F2N4O4/c1-16-12-23(37-15-20-21(28)10-7-11-22(20)29)25-30-17(2)24(33(25)13-16)31-26(34)18(3)32(27(35)36)14-19-8-5-4-6-9-19/h4-13,18H,14-15H2,1-3H3,(H,31,34)(H,35,36). The Morgan fingerprint density at radius 2 is 1.78 bits per heavy atom. The van der Waals surface area contributed by atoms with Crippen LogP contribution < -0.4 is 10.1 Å². The van der Waals surface area contributed by atoms with Crippen LogP contribution in [0.4, 0.5) is 19.4 Å². The molecule has 0 saturated heterocycles. The Balaban J connectivity index is 1.59. The number of pyridine rings is 1. The Kier molecular flexibility index (Phi) is 7.37. The summed E-state index contributed by atoms with van der Waals surface area (Å²) in [4.78, 5) is 30.6. The van der Waals surface area contributed by atoms with Crippen molar-refractivity contribution < 1.29 is 28.2 Å². The molecule has 0 saturated carbocycles. The zero-order valence-electron chi connectivity index (χ0n) is 20.5. The van der Waals surface area contributed by atoms with Gasteiger partial charge in [0.05, 0.1) is 11.3 Å². The highest BCUT2D eigenvalue weighted by molar-refractivity contribution is 5.96. The number of rotatable bonds is 8. The highest BCUT2D eigenvalue weighted by atomic mass is 19.1. The van der Waals surface area contributed by atoms with Gasteiger partial charge < -0.3 is 15.2 Å². The van der Waals surface area contributed by atoms with Crippen LogP contribution in [0.15, 0.2) is 60.8 Å². The van der Waals surface area contributed by atoms with E-state index in [0.717, 1.165) is 28.2 Å². The molecule has 2 aromatic carbocycles. The van der Waals surface area contributed by atoms with Crippen molar-refractivity contribution in [1.82, 2.24) is 14.3 Å². The van der Waals surface area contributed by atoms with Crippen LogP contribution in [0.1, 0.15) is 29.3 Å². The van der Waals surface area contributed by atoms with E-state index in [1.807, 2.05) is 6.07 Å². The molecule has 0 radical (unpaired) electrons. The van der Waals surface area contributed by atoms with E-state index in [2.05, 4.69) is 10.3 Å². The van der Waals surface area contributed by atoms with Crippen molar-refractivity contribution in [2.45, 2.75) is 40.0 Å². The average molecular weight is 509 g/mol. The molecule has 192 valence electrons. The average Bonchev–Trinajstić information content (AvgIpc) is 3.17. The van der Waals surface area contributed by atoms with Crippen LogP contribution in [0.5, 0.6) is 5.75 Å². The molecule has 2 N–H and O–H groups in total. The number of nitrogens with zero attached hydrogens (tertiary/aromatic N) is 3. The minimum atomic E-state index is -1.23. The third-order valence-electron chi connectivity index (χ3n) is 5.96. The molecule has 0 aliphatic rings. The van der Waals surface area contributed by atoms with Crippen molar-refractivity contribution in [3.05, 3.63) is 94.8 Å². The lowest BCUT2D eigenvalue weighted by molar-refractivity contribution is -0.120. The molecule has 2 aromatic heterocycles. The van der Waals surface area contributed by atoms with Gasteiger partial charge in [0.2, 0.25) is 5.91 Å². The summed E-state index contributed by atoms with van der Waals surface area (Å²) in [6, 6.07) is 13.2. The lowest BCUT2D eigenvalue weighted by Crippen LogP contribution is -2.44. The lowest BCUT2D eigenvalue weighted by atomic mass is 10.2. The first-order chi connectivity index (χ1) is 17.7. The van der Waals surface area contributed by atoms with Gasteiger partial charge in [-0.15, -0.1) is 0 Å². The summed E-state index contributed by atoms with van der Waals surface area (Å²) in [5, 5.41) is 12.5. The number of carbonyl (C=O) groups excluding carboxylic acids is 1. The zero-order valence-corrected chi connectivity index (χ0v) is 20.5. The molecule has 0 bridgehead atoms. The summed E-state index contributed by atoms with van der Waals surface area (Å²) in [6.07, 6.45) is 0.499. The molecule has 4 rings (SSSR count). The van der Waals surface area contributed by atoms with Gasteiger partial charge >= 0.3 is 6.09 Å². The SMILES string of the molecule is Cc1cc(OCc2c(F)cccc2F)c2nc(C)c(NC(=O)C(C)N(Cc3ccccc3)C(=O)O)n2c1. The fraction of sp³-hybridized carbons (Fsp3) is 0.222. The second-order valence-electron chi connectivity index (χ2n) is 8.67. The number of aromatic nitrogens is 2. The van der Waals surface area contributed by atoms with Crippen molar-refractivity contribution >= 4 is 23.5 Å². The molecule has 1 atom stereocenters. The summed E-state index contributed by atoms with van der Waals surface area (Å²) in [5.74, 6) is -1.37. The van der Waals surface area contributed by atoms with Crippen molar-refractivity contribution in [3.8, 4) is 5.75 Å². The van der Waals surface area contributed by atoms with Gasteiger partial charge in [0.25, 0.3) is 0 Å². The number of carbonyl (C=O) groups is 2. The number of benzene rings is 2. The molecule has 10 heteroatoms. The number of aryl methyl sites for hydroxylation is 2. The summed E-state index contributed by atoms with van der Waals surface area (Å²) in [7, 11) is 0. The van der Waals surface area contributed by atoms with Gasteiger partial charge in [-0.1, -0.05) is 36.4 Å². The summed E-state index contributed by atoms with van der Waals surface area (Å²) < 4.78 is 35.5. The second kappa shape index (κ2) is 10.7. The Hall–Kier alpha value is -4.47. The lowest BCUT2D eigenvalue weighted by Gasteiger charge is -2.25. The summed E-state index contributed by atoms with van der Waals surface area (Å²) >= 11 is 0. The van der Waals surface area contributed by atoms with Gasteiger partial charge in [0.1, 0.15) is 30.1 Å². The number of nitrogens with one attached hydrogen (secondary N) is 1. The number of anilines is 1. The van der Waals surface area contributed by atoms with Crippen molar-refractivity contribution in [3.63, 3.8) is 0 Å². The number of carboxylic acid groups (broad SMARTS) is 1. The smallest absolute Gasteiger partial charge is 0.408 e. The van der Waals surface area contributed by atoms with Crippen molar-refractivity contribution in [1.29, 1.82) is 0 Å². The molecule has 4 aromatic rings. The van der Waals surface area contributed by atoms with E-state index in [0.29, 0.717) is 17.2 Å². The molecular weight excluding hydrogens is 482 g/mol. The monoisotopic (exact) mass is 508 g/mol. The molecule has 0 aliphatic heterocycles. The van der Waals surface area contributed by atoms with Crippen LogP contribution in [0.25, 0.3) is 5.65 Å². The van der Waals surface area contributed by atoms with Gasteiger partial charge in [-0.05, 0) is 50.1 Å². The van der Waals surface area contributed by atoms with E-state index in [1.54, 1.807) is 54.8 Å². The van der Waals surface area contributed by atoms with Crippen LogP contribution in [0.3, 0.4) is 0 Å². The van der Waals surface area contributed by atoms with Gasteiger partial charge in [-0.3, -0.25) is 14.1 Å². The topological polar surface area (TPSA) is 96.2 Å². The first-order valence-electron chi connectivity index (χ1n) is 11.5. The third kappa shape index (κ3) is 5.53. The van der Waals surface area contributed by atoms with Gasteiger partial charge in [-0.25, -0.2) is 18.6 Å². The van der Waals surface area contributed by atoms with Gasteiger partial charge in [0, 0.05) is 12.7 Å². The zero-order chi connectivity index (χ0) is 26.7. The van der Waals surface area contributed by atoms with E-state index in [4.69, 9.17) is 4.74 Å². The van der Waals surface area contributed by atoms with E-state index in [1.165, 1.54) is 13.0 Å². The fourth-order valence-electron chi connectivity index (χ4n) is 3.95. The third-order valence-corrected chi connectivity index (χ3v) is 5.96. The van der Waals surface area contributed by atoms with Crippen molar-refractivity contribution in [2.75, 3.05) is 5.32 Å². The highest BCUT2D eigenvalue weighted by Crippen LogP contribution is 2.28. The largest absolute Gasteiger partial charge is 0.485 e. The van der Waals surface area contributed by atoms with Crippen LogP contribution in [0, 0.1) is 25.5 Å². The minimum Gasteiger partial charge on any atom is -0.485 e. The normalized spacial score (nSPS) is 11.8. The predicted molar refractivity (Wildman–Crippen MR) is 133 cm³/mol. The Labute approximate surface area is 212 Å². The van der Waals surface area contributed by atoms with E-state index < -0.39 is 29.7 Å². The Bertz CT molecular complexity index is 1440. The summed E-state index contributed by atoms with van der Waals surface area (Å²) in [6.45, 7) is 4.68. The van der Waals surface area contributed by atoms with Gasteiger partial charge in [-0.2, -0.15) is 0 Å². The molecule has 1 unspecified atom stereocenters. The molecule has 2 amide bonds. The Morgan fingerprint density at radius 3 is 2.43 bits per heavy atom. The molecule has 2 heterocycles. The predicted octanol–water partition coefficient (Wildman–Crippen LogP) is 5.32. The number of imidazole rings is 1. The quantitative estimate of drug-likeness (QED) is 0.336. The number of hydrogen-bond donors (Lipinski definition) is 2. The number of hydrogen-bond acceptors (Lipinski definition) is 4. The molecule has 0 fully saturated rings. The fourth-order valence-corrected chi connectivity index (χ4v) is 3.95. The van der Waals surface area contributed by atoms with E-state index >= 15 is 0 Å². The van der Waals surface area contributed by atoms with Crippen LogP contribution in [-0.4, -0.2) is 37.4 Å². The minimum absolute atomic E-state index is 0.0423. The first-order valence-corrected chi connectivity index (χ1v) is 11.5. The van der Waals surface area contributed by atoms with E-state index in [9.17, 15) is 23.5 Å². The molecule has 37 heavy (non-hydrogen) atoms. The molecule has 8 nitrogen and oxygen atoms in total. The number of fused-ring (bicyclic) bond motifs is 1. The number of halogens is 2. The second-order valence-corrected chi connectivity index (χ2v) is 8.67. The van der Waals surface area contributed by atoms with Gasteiger partial charge in [0.15, 0.2) is 11.4 Å².